The van der Waals surface area contributed by atoms with Gasteiger partial charge in [-0.05, 0) is 24.3 Å². The number of benzene rings is 1. The summed E-state index contributed by atoms with van der Waals surface area (Å²) in [4.78, 5) is 11.7. The monoisotopic (exact) mass is 416 g/mol. The van der Waals surface area contributed by atoms with Crippen LogP contribution < -0.4 is 4.72 Å². The van der Waals surface area contributed by atoms with Crippen LogP contribution in [0.5, 0.6) is 0 Å². The van der Waals surface area contributed by atoms with Crippen molar-refractivity contribution >= 4 is 45.4 Å². The lowest BCUT2D eigenvalue weighted by atomic mass is 10.1. The van der Waals surface area contributed by atoms with Crippen LogP contribution in [0.4, 0.5) is 13.2 Å². The maximum absolute atomic E-state index is 12.9. The predicted molar refractivity (Wildman–Crippen MR) is 84.2 cm³/mol. The number of nitrogens with one attached hydrogen (secondary N) is 1. The van der Waals surface area contributed by atoms with E-state index in [2.05, 4.69) is 4.99 Å². The molecule has 1 aromatic carbocycles. The minimum absolute atomic E-state index is 0.265. The van der Waals surface area contributed by atoms with Crippen LogP contribution >= 0.6 is 23.2 Å². The van der Waals surface area contributed by atoms with Crippen LogP contribution in [0, 0.1) is 0 Å². The molecule has 1 aliphatic rings. The molecule has 6 nitrogen and oxygen atoms in total. The highest BCUT2D eigenvalue weighted by molar-refractivity contribution is 7.89. The molecule has 0 saturated carbocycles. The van der Waals surface area contributed by atoms with Crippen LogP contribution in [-0.4, -0.2) is 30.7 Å². The molecule has 0 amide bonds. The fourth-order valence-corrected chi connectivity index (χ4v) is 3.78. The summed E-state index contributed by atoms with van der Waals surface area (Å²) in [5.41, 5.74) is -1.65. The summed E-state index contributed by atoms with van der Waals surface area (Å²) in [7, 11) is -4.46. The standard InChI is InChI=1S/C13H9Cl2F3N2O4S/c14-9-2-1-7(5-8(9)13(16,17)18)25(23,24)20-12(15)4-3-10(11(21)22)19-6-12/h1-3,5-6,20H,4H2,(H,21,22). The van der Waals surface area contributed by atoms with Gasteiger partial charge in [0.1, 0.15) is 10.7 Å². The Kier molecular flexibility index (Phi) is 5.20. The average molecular weight is 417 g/mol. The van der Waals surface area contributed by atoms with Gasteiger partial charge in [0.05, 0.1) is 15.5 Å². The lowest BCUT2D eigenvalue weighted by molar-refractivity contribution is -0.137. The molecule has 1 aromatic rings. The summed E-state index contributed by atoms with van der Waals surface area (Å²) in [5, 5.41) is 8.12. The zero-order valence-electron chi connectivity index (χ0n) is 12.0. The number of hydrogen-bond acceptors (Lipinski definition) is 4. The summed E-state index contributed by atoms with van der Waals surface area (Å²) in [6.07, 6.45) is -3.16. The van der Waals surface area contributed by atoms with Crippen molar-refractivity contribution in [2.75, 3.05) is 0 Å². The van der Waals surface area contributed by atoms with Crippen LogP contribution in [0.1, 0.15) is 12.0 Å². The Balaban J connectivity index is 2.32. The first-order valence-electron chi connectivity index (χ1n) is 6.42. The molecule has 0 aliphatic carbocycles. The molecule has 136 valence electrons. The van der Waals surface area contributed by atoms with Gasteiger partial charge in [0.25, 0.3) is 0 Å². The molecule has 2 rings (SSSR count). The zero-order chi connectivity index (χ0) is 19.0. The van der Waals surface area contributed by atoms with E-state index in [9.17, 15) is 26.4 Å². The summed E-state index contributed by atoms with van der Waals surface area (Å²) >= 11 is 11.5. The van der Waals surface area contributed by atoms with Gasteiger partial charge in [0, 0.05) is 12.6 Å². The molecule has 0 spiro atoms. The topological polar surface area (TPSA) is 95.8 Å². The average Bonchev–Trinajstić information content (AvgIpc) is 2.45. The second-order valence-corrected chi connectivity index (χ2v) is 7.73. The number of halogens is 5. The molecule has 1 unspecified atom stereocenters. The Labute approximate surface area is 150 Å². The molecule has 1 heterocycles. The number of aliphatic carboxylic acids is 1. The highest BCUT2D eigenvalue weighted by atomic mass is 35.5. The largest absolute Gasteiger partial charge is 0.477 e. The van der Waals surface area contributed by atoms with E-state index in [0.29, 0.717) is 6.07 Å². The Morgan fingerprint density at radius 3 is 2.48 bits per heavy atom. The molecule has 0 saturated heterocycles. The van der Waals surface area contributed by atoms with Crippen molar-refractivity contribution in [2.45, 2.75) is 22.5 Å². The van der Waals surface area contributed by atoms with Crippen molar-refractivity contribution in [3.63, 3.8) is 0 Å². The molecule has 1 atom stereocenters. The van der Waals surface area contributed by atoms with E-state index in [4.69, 9.17) is 28.3 Å². The first-order chi connectivity index (χ1) is 11.3. The van der Waals surface area contributed by atoms with E-state index in [1.165, 1.54) is 0 Å². The van der Waals surface area contributed by atoms with E-state index >= 15 is 0 Å². The number of aliphatic imine (C=N–C) groups is 1. The molecular formula is C13H9Cl2F3N2O4S. The lowest BCUT2D eigenvalue weighted by Crippen LogP contribution is -2.45. The third-order valence-corrected chi connectivity index (χ3v) is 5.37. The van der Waals surface area contributed by atoms with E-state index in [1.807, 2.05) is 4.72 Å². The number of nitrogens with zero attached hydrogens (tertiary/aromatic N) is 1. The molecule has 0 bridgehead atoms. The van der Waals surface area contributed by atoms with Gasteiger partial charge in [-0.2, -0.15) is 17.9 Å². The fourth-order valence-electron chi connectivity index (χ4n) is 1.90. The van der Waals surface area contributed by atoms with Gasteiger partial charge in [0.15, 0.2) is 0 Å². The predicted octanol–water partition coefficient (Wildman–Crippen LogP) is 3.02. The fraction of sp³-hybridized carbons (Fsp3) is 0.231. The molecular weight excluding hydrogens is 408 g/mol. The van der Waals surface area contributed by atoms with Crippen molar-refractivity contribution in [1.82, 2.24) is 4.72 Å². The second kappa shape index (κ2) is 6.60. The van der Waals surface area contributed by atoms with E-state index in [1.54, 1.807) is 0 Å². The highest BCUT2D eigenvalue weighted by Crippen LogP contribution is 2.36. The molecule has 2 N–H and O–H groups in total. The van der Waals surface area contributed by atoms with Crippen LogP contribution in [0.2, 0.25) is 5.02 Å². The minimum Gasteiger partial charge on any atom is -0.477 e. The third kappa shape index (κ3) is 4.51. The summed E-state index contributed by atoms with van der Waals surface area (Å²) < 4.78 is 65.2. The third-order valence-electron chi connectivity index (χ3n) is 3.08. The van der Waals surface area contributed by atoms with Crippen molar-refractivity contribution in [1.29, 1.82) is 0 Å². The van der Waals surface area contributed by atoms with Gasteiger partial charge in [-0.3, -0.25) is 4.99 Å². The van der Waals surface area contributed by atoms with Crippen molar-refractivity contribution < 1.29 is 31.5 Å². The SMILES string of the molecule is O=C(O)C1=CCC(Cl)(NS(=O)(=O)c2ccc(Cl)c(C(F)(F)F)c2)C=N1. The van der Waals surface area contributed by atoms with Gasteiger partial charge in [-0.25, -0.2) is 13.2 Å². The van der Waals surface area contributed by atoms with Gasteiger partial charge in [0.2, 0.25) is 10.0 Å². The smallest absolute Gasteiger partial charge is 0.417 e. The first kappa shape index (κ1) is 19.7. The number of carboxylic acids is 1. The maximum atomic E-state index is 12.9. The van der Waals surface area contributed by atoms with Gasteiger partial charge in [-0.15, -0.1) is 0 Å². The van der Waals surface area contributed by atoms with Crippen molar-refractivity contribution in [3.05, 3.63) is 40.6 Å². The van der Waals surface area contributed by atoms with Crippen molar-refractivity contribution in [3.8, 4) is 0 Å². The number of alkyl halides is 4. The number of hydrogen-bond donors (Lipinski definition) is 2. The highest BCUT2D eigenvalue weighted by Gasteiger charge is 2.37. The van der Waals surface area contributed by atoms with Crippen LogP contribution in [0.25, 0.3) is 0 Å². The number of carbonyl (C=O) groups is 1. The maximum Gasteiger partial charge on any atom is 0.417 e. The van der Waals surface area contributed by atoms with E-state index in [0.717, 1.165) is 24.4 Å². The summed E-state index contributed by atoms with van der Waals surface area (Å²) in [5.74, 6) is -1.33. The lowest BCUT2D eigenvalue weighted by Gasteiger charge is -2.25. The van der Waals surface area contributed by atoms with E-state index < -0.39 is 42.6 Å². The second-order valence-electron chi connectivity index (χ2n) is 4.96. The first-order valence-corrected chi connectivity index (χ1v) is 8.66. The normalized spacial score (nSPS) is 21.1. The Morgan fingerprint density at radius 2 is 2.00 bits per heavy atom. The van der Waals surface area contributed by atoms with Crippen LogP contribution in [0.3, 0.4) is 0 Å². The molecule has 25 heavy (non-hydrogen) atoms. The Morgan fingerprint density at radius 1 is 1.36 bits per heavy atom. The molecule has 0 radical (unpaired) electrons. The van der Waals surface area contributed by atoms with Gasteiger partial charge < -0.3 is 5.11 Å². The van der Waals surface area contributed by atoms with Crippen LogP contribution in [0.15, 0.2) is 39.9 Å². The molecule has 0 fully saturated rings. The van der Waals surface area contributed by atoms with Crippen LogP contribution in [-0.2, 0) is 21.0 Å². The number of sulfonamides is 1. The number of carboxylic acid groups (broad SMARTS) is 1. The molecule has 1 aliphatic heterocycles. The molecule has 12 heteroatoms. The van der Waals surface area contributed by atoms with E-state index in [-0.39, 0.29) is 12.1 Å². The quantitative estimate of drug-likeness (QED) is 0.582. The molecule has 0 aromatic heterocycles. The van der Waals surface area contributed by atoms with Gasteiger partial charge >= 0.3 is 12.1 Å². The summed E-state index contributed by atoms with van der Waals surface area (Å²) in [6.45, 7) is 0. The Bertz CT molecular complexity index is 884. The zero-order valence-corrected chi connectivity index (χ0v) is 14.3. The summed E-state index contributed by atoms with van der Waals surface area (Å²) in [6, 6.07) is 2.07. The Hall–Kier alpha value is -1.62. The van der Waals surface area contributed by atoms with Gasteiger partial charge in [-0.1, -0.05) is 23.2 Å². The minimum atomic E-state index is -4.84. The number of rotatable bonds is 4. The van der Waals surface area contributed by atoms with Crippen molar-refractivity contribution in [2.24, 2.45) is 4.99 Å².